The van der Waals surface area contributed by atoms with Gasteiger partial charge in [-0.05, 0) is 39.7 Å². The highest BCUT2D eigenvalue weighted by atomic mass is 16.6. The maximum absolute atomic E-state index is 12.3. The van der Waals surface area contributed by atoms with Crippen molar-refractivity contribution in [3.8, 4) is 0 Å². The van der Waals surface area contributed by atoms with E-state index in [0.717, 1.165) is 22.2 Å². The lowest BCUT2D eigenvalue weighted by Crippen LogP contribution is -2.34. The molecular weight excluding hydrogens is 296 g/mol. The number of rotatable bonds is 1. The van der Waals surface area contributed by atoms with Crippen molar-refractivity contribution >= 4 is 18.4 Å². The van der Waals surface area contributed by atoms with E-state index in [1.807, 2.05) is 32.6 Å². The van der Waals surface area contributed by atoms with Crippen LogP contribution in [-0.2, 0) is 9.53 Å². The molecule has 0 N–H and O–H groups in total. The van der Waals surface area contributed by atoms with Crippen LogP contribution in [0.4, 0.5) is 0 Å². The maximum atomic E-state index is 12.3. The SMILES string of the molecule is CC1C2=C(N=CC(C(=O)OC(C)(C)C)C2)N2CN=CC2=CN1[O-]. The van der Waals surface area contributed by atoms with Crippen molar-refractivity contribution in [3.63, 3.8) is 0 Å². The molecule has 0 saturated heterocycles. The molecule has 0 aromatic carbocycles. The van der Waals surface area contributed by atoms with Gasteiger partial charge < -0.3 is 19.9 Å². The molecule has 0 bridgehead atoms. The van der Waals surface area contributed by atoms with Crippen molar-refractivity contribution in [2.45, 2.75) is 45.8 Å². The normalized spacial score (nSPS) is 26.7. The number of carbonyl (C=O) groups is 1. The van der Waals surface area contributed by atoms with E-state index in [4.69, 9.17) is 4.74 Å². The zero-order valence-electron chi connectivity index (χ0n) is 13.8. The fourth-order valence-electron chi connectivity index (χ4n) is 2.80. The average Bonchev–Trinajstić information content (AvgIpc) is 2.88. The van der Waals surface area contributed by atoms with Crippen LogP contribution in [0, 0.1) is 11.1 Å². The van der Waals surface area contributed by atoms with Gasteiger partial charge in [-0.1, -0.05) is 0 Å². The van der Waals surface area contributed by atoms with Gasteiger partial charge in [0.25, 0.3) is 0 Å². The van der Waals surface area contributed by atoms with Crippen LogP contribution in [0.15, 0.2) is 33.3 Å². The lowest BCUT2D eigenvalue weighted by Gasteiger charge is -2.36. The maximum Gasteiger partial charge on any atom is 0.315 e. The molecule has 0 spiro atoms. The number of esters is 1. The van der Waals surface area contributed by atoms with E-state index in [0.29, 0.717) is 13.1 Å². The fourth-order valence-corrected chi connectivity index (χ4v) is 2.80. The van der Waals surface area contributed by atoms with Gasteiger partial charge >= 0.3 is 5.97 Å². The molecule has 0 fully saturated rings. The number of hydrogen-bond acceptors (Lipinski definition) is 7. The lowest BCUT2D eigenvalue weighted by atomic mass is 9.93. The molecular formula is C16H21N4O3-. The Hall–Kier alpha value is -2.15. The second-order valence-electron chi connectivity index (χ2n) is 6.94. The van der Waals surface area contributed by atoms with E-state index in [-0.39, 0.29) is 12.0 Å². The number of hydroxylamine groups is 2. The van der Waals surface area contributed by atoms with E-state index in [9.17, 15) is 10.0 Å². The summed E-state index contributed by atoms with van der Waals surface area (Å²) in [5.41, 5.74) is 1.02. The first kappa shape index (κ1) is 15.7. The molecule has 0 aromatic rings. The van der Waals surface area contributed by atoms with E-state index in [1.54, 1.807) is 12.4 Å². The molecule has 0 aliphatic carbocycles. The van der Waals surface area contributed by atoms with Crippen LogP contribution in [0.3, 0.4) is 0 Å². The monoisotopic (exact) mass is 317 g/mol. The van der Waals surface area contributed by atoms with Crippen molar-refractivity contribution in [2.75, 3.05) is 6.67 Å². The molecule has 124 valence electrons. The van der Waals surface area contributed by atoms with Gasteiger partial charge in [0.15, 0.2) is 0 Å². The molecule has 7 nitrogen and oxygen atoms in total. The molecule has 23 heavy (non-hydrogen) atoms. The first-order valence-corrected chi connectivity index (χ1v) is 7.71. The Morgan fingerprint density at radius 3 is 2.87 bits per heavy atom. The number of fused-ring (bicyclic) bond motifs is 2. The predicted molar refractivity (Wildman–Crippen MR) is 87.4 cm³/mol. The van der Waals surface area contributed by atoms with E-state index >= 15 is 0 Å². The Kier molecular flexibility index (Phi) is 3.75. The highest BCUT2D eigenvalue weighted by Gasteiger charge is 2.34. The van der Waals surface area contributed by atoms with Crippen LogP contribution in [0.2, 0.25) is 0 Å². The van der Waals surface area contributed by atoms with Gasteiger partial charge in [-0.15, -0.1) is 0 Å². The minimum absolute atomic E-state index is 0.312. The highest BCUT2D eigenvalue weighted by Crippen LogP contribution is 2.34. The van der Waals surface area contributed by atoms with E-state index in [2.05, 4.69) is 9.98 Å². The quantitative estimate of drug-likeness (QED) is 0.691. The van der Waals surface area contributed by atoms with Gasteiger partial charge in [0.2, 0.25) is 0 Å². The van der Waals surface area contributed by atoms with Gasteiger partial charge in [-0.3, -0.25) is 9.79 Å². The topological polar surface area (TPSA) is 80.6 Å². The van der Waals surface area contributed by atoms with Crippen LogP contribution in [0.1, 0.15) is 34.1 Å². The zero-order chi connectivity index (χ0) is 16.8. The minimum Gasteiger partial charge on any atom is -0.758 e. The van der Waals surface area contributed by atoms with Gasteiger partial charge in [0, 0.05) is 24.7 Å². The van der Waals surface area contributed by atoms with E-state index < -0.39 is 11.5 Å². The molecule has 3 rings (SSSR count). The molecule has 0 aromatic heterocycles. The third kappa shape index (κ3) is 3.01. The third-order valence-corrected chi connectivity index (χ3v) is 3.97. The molecule has 0 saturated carbocycles. The minimum atomic E-state index is -0.545. The number of nitrogens with zero attached hydrogens (tertiary/aromatic N) is 4. The summed E-state index contributed by atoms with van der Waals surface area (Å²) in [6, 6.07) is -0.376. The molecule has 3 heterocycles. The highest BCUT2D eigenvalue weighted by molar-refractivity contribution is 5.92. The molecule has 7 heteroatoms. The first-order valence-electron chi connectivity index (χ1n) is 7.71. The van der Waals surface area contributed by atoms with E-state index in [1.165, 1.54) is 6.20 Å². The Balaban J connectivity index is 1.86. The second-order valence-corrected chi connectivity index (χ2v) is 6.94. The molecule has 2 unspecified atom stereocenters. The summed E-state index contributed by atoms with van der Waals surface area (Å²) in [5.74, 6) is -0.0548. The predicted octanol–water partition coefficient (Wildman–Crippen LogP) is 2.02. The Labute approximate surface area is 135 Å². The van der Waals surface area contributed by atoms with Gasteiger partial charge in [0.05, 0.1) is 11.6 Å². The van der Waals surface area contributed by atoms with Gasteiger partial charge in [-0.25, -0.2) is 4.99 Å². The van der Waals surface area contributed by atoms with Crippen LogP contribution in [-0.4, -0.2) is 46.7 Å². The van der Waals surface area contributed by atoms with Crippen molar-refractivity contribution in [1.82, 2.24) is 9.96 Å². The fraction of sp³-hybridized carbons (Fsp3) is 0.562. The summed E-state index contributed by atoms with van der Waals surface area (Å²) >= 11 is 0. The Bertz CT molecular complexity index is 642. The summed E-state index contributed by atoms with van der Waals surface area (Å²) in [4.78, 5) is 22.9. The third-order valence-electron chi connectivity index (χ3n) is 3.97. The summed E-state index contributed by atoms with van der Waals surface area (Å²) in [6.07, 6.45) is 5.25. The number of ether oxygens (including phenoxy) is 1. The lowest BCUT2D eigenvalue weighted by molar-refractivity contribution is -0.157. The zero-order valence-corrected chi connectivity index (χ0v) is 13.8. The standard InChI is InChI=1S/C16H21N4O3/c1-10-13-5-11(15(21)23-16(2,3)4)6-18-14(13)19-9-17-7-12(19)8-20(10)22/h6-8,10-11H,5,9H2,1-4H3/q-1. The number of aliphatic imine (C=N–C) groups is 2. The molecule has 2 atom stereocenters. The Morgan fingerprint density at radius 2 is 2.17 bits per heavy atom. The summed E-state index contributed by atoms with van der Waals surface area (Å²) in [6.45, 7) is 7.77. The smallest absolute Gasteiger partial charge is 0.315 e. The molecule has 3 aliphatic heterocycles. The number of allylic oxidation sites excluding steroid dienone is 1. The van der Waals surface area contributed by atoms with Crippen LogP contribution in [0.5, 0.6) is 0 Å². The van der Waals surface area contributed by atoms with Gasteiger partial charge in [0.1, 0.15) is 18.1 Å². The van der Waals surface area contributed by atoms with Crippen LogP contribution in [0.25, 0.3) is 0 Å². The number of hydrogen-bond donors (Lipinski definition) is 0. The van der Waals surface area contributed by atoms with Crippen molar-refractivity contribution < 1.29 is 9.53 Å². The molecule has 0 amide bonds. The largest absolute Gasteiger partial charge is 0.758 e. The first-order chi connectivity index (χ1) is 10.8. The Morgan fingerprint density at radius 1 is 1.43 bits per heavy atom. The summed E-state index contributed by atoms with van der Waals surface area (Å²) in [7, 11) is 0. The van der Waals surface area contributed by atoms with Gasteiger partial charge in [-0.2, -0.15) is 0 Å². The second kappa shape index (κ2) is 5.49. The number of carbonyl (C=O) groups excluding carboxylic acids is 1. The van der Waals surface area contributed by atoms with Crippen molar-refractivity contribution in [2.24, 2.45) is 15.9 Å². The molecule has 0 radical (unpaired) electrons. The molecule has 3 aliphatic rings. The van der Waals surface area contributed by atoms with Crippen molar-refractivity contribution in [1.29, 1.82) is 0 Å². The van der Waals surface area contributed by atoms with Crippen LogP contribution >= 0.6 is 0 Å². The average molecular weight is 317 g/mol. The summed E-state index contributed by atoms with van der Waals surface area (Å²) in [5, 5.41) is 13.2. The van der Waals surface area contributed by atoms with Crippen molar-refractivity contribution in [3.05, 3.63) is 28.5 Å². The summed E-state index contributed by atoms with van der Waals surface area (Å²) < 4.78 is 5.44. The van der Waals surface area contributed by atoms with Crippen LogP contribution < -0.4 is 0 Å².